The van der Waals surface area contributed by atoms with Gasteiger partial charge in [0.15, 0.2) is 0 Å². The molecule has 21 heavy (non-hydrogen) atoms. The maximum atomic E-state index is 6.50. The molecule has 120 valence electrons. The van der Waals surface area contributed by atoms with Crippen molar-refractivity contribution in [3.63, 3.8) is 0 Å². The summed E-state index contributed by atoms with van der Waals surface area (Å²) in [6.07, 6.45) is 14.6. The summed E-state index contributed by atoms with van der Waals surface area (Å²) in [5.41, 5.74) is 2.68. The van der Waals surface area contributed by atoms with Gasteiger partial charge in [-0.25, -0.2) is 0 Å². The van der Waals surface area contributed by atoms with Gasteiger partial charge in [0, 0.05) is 0 Å². The van der Waals surface area contributed by atoms with Crippen LogP contribution in [0.25, 0.3) is 0 Å². The lowest BCUT2D eigenvalue weighted by Gasteiger charge is -2.10. The molecule has 0 saturated heterocycles. The van der Waals surface area contributed by atoms with E-state index in [1.807, 2.05) is 0 Å². The van der Waals surface area contributed by atoms with E-state index in [4.69, 9.17) is 11.6 Å². The lowest BCUT2D eigenvalue weighted by atomic mass is 10.0. The summed E-state index contributed by atoms with van der Waals surface area (Å²) in [7, 11) is 0. The van der Waals surface area contributed by atoms with Crippen molar-refractivity contribution in [1.82, 2.24) is 0 Å². The van der Waals surface area contributed by atoms with Crippen molar-refractivity contribution in [2.24, 2.45) is 0 Å². The molecule has 0 amide bonds. The van der Waals surface area contributed by atoms with Crippen LogP contribution in [-0.2, 0) is 6.42 Å². The minimum Gasteiger partial charge on any atom is -0.118 e. The van der Waals surface area contributed by atoms with Gasteiger partial charge in [-0.2, -0.15) is 0 Å². The molecule has 0 N–H and O–H groups in total. The summed E-state index contributed by atoms with van der Waals surface area (Å²) in [5, 5.41) is 0.195. The lowest BCUT2D eigenvalue weighted by Crippen LogP contribution is -1.92. The highest BCUT2D eigenvalue weighted by Crippen LogP contribution is 2.27. The van der Waals surface area contributed by atoms with E-state index >= 15 is 0 Å². The molecule has 0 spiro atoms. The summed E-state index contributed by atoms with van der Waals surface area (Å²) in [4.78, 5) is 0. The number of unbranched alkanes of at least 4 members (excludes halogenated alkanes) is 8. The van der Waals surface area contributed by atoms with Crippen molar-refractivity contribution < 1.29 is 0 Å². The van der Waals surface area contributed by atoms with E-state index in [1.54, 1.807) is 0 Å². The Bertz CT molecular complexity index is 341. The quantitative estimate of drug-likeness (QED) is 0.278. The Labute approximate surface area is 137 Å². The van der Waals surface area contributed by atoms with E-state index in [-0.39, 0.29) is 5.38 Å². The molecule has 0 nitrogen and oxygen atoms in total. The predicted octanol–water partition coefficient (Wildman–Crippen LogP) is 7.45. The SMILES string of the molecule is CCCCCCCCCCCC(Cl)c1ccc(CC)cc1. The summed E-state index contributed by atoms with van der Waals surface area (Å²) in [6, 6.07) is 8.82. The summed E-state index contributed by atoms with van der Waals surface area (Å²) >= 11 is 6.50. The first-order chi connectivity index (χ1) is 10.3. The fraction of sp³-hybridized carbons (Fsp3) is 0.700. The Kier molecular flexibility index (Phi) is 10.7. The second kappa shape index (κ2) is 12.1. The van der Waals surface area contributed by atoms with Gasteiger partial charge in [-0.3, -0.25) is 0 Å². The molecule has 0 aliphatic heterocycles. The highest BCUT2D eigenvalue weighted by atomic mass is 35.5. The molecule has 0 aliphatic carbocycles. The number of hydrogen-bond acceptors (Lipinski definition) is 0. The fourth-order valence-electron chi connectivity index (χ4n) is 2.76. The van der Waals surface area contributed by atoms with Gasteiger partial charge < -0.3 is 0 Å². The van der Waals surface area contributed by atoms with Gasteiger partial charge in [0.2, 0.25) is 0 Å². The number of benzene rings is 1. The molecule has 1 rings (SSSR count). The minimum atomic E-state index is 0.195. The zero-order valence-electron chi connectivity index (χ0n) is 14.0. The van der Waals surface area contributed by atoms with E-state index < -0.39 is 0 Å². The van der Waals surface area contributed by atoms with E-state index in [9.17, 15) is 0 Å². The predicted molar refractivity (Wildman–Crippen MR) is 96.3 cm³/mol. The summed E-state index contributed by atoms with van der Waals surface area (Å²) < 4.78 is 0. The van der Waals surface area contributed by atoms with Crippen molar-refractivity contribution >= 4 is 11.6 Å². The number of alkyl halides is 1. The Morgan fingerprint density at radius 3 is 1.81 bits per heavy atom. The molecule has 0 aromatic heterocycles. The Balaban J connectivity index is 2.03. The van der Waals surface area contributed by atoms with Crippen molar-refractivity contribution in [2.45, 2.75) is 89.9 Å². The van der Waals surface area contributed by atoms with Gasteiger partial charge in [0.05, 0.1) is 5.38 Å². The van der Waals surface area contributed by atoms with Crippen molar-refractivity contribution in [2.75, 3.05) is 0 Å². The van der Waals surface area contributed by atoms with E-state index in [0.29, 0.717) is 0 Å². The molecule has 1 aromatic carbocycles. The third kappa shape index (κ3) is 8.51. The molecule has 1 unspecified atom stereocenters. The fourth-order valence-corrected chi connectivity index (χ4v) is 3.06. The molecule has 1 heteroatoms. The third-order valence-corrected chi connectivity index (χ3v) is 4.78. The van der Waals surface area contributed by atoms with Gasteiger partial charge in [0.1, 0.15) is 0 Å². The number of aryl methyl sites for hydroxylation is 1. The Hall–Kier alpha value is -0.490. The molecule has 0 saturated carbocycles. The first kappa shape index (κ1) is 18.6. The molecule has 0 radical (unpaired) electrons. The van der Waals surface area contributed by atoms with Crippen molar-refractivity contribution in [3.8, 4) is 0 Å². The van der Waals surface area contributed by atoms with Crippen LogP contribution >= 0.6 is 11.6 Å². The maximum Gasteiger partial charge on any atom is 0.0585 e. The molecular formula is C20H33Cl. The average molecular weight is 309 g/mol. The zero-order valence-corrected chi connectivity index (χ0v) is 14.8. The lowest BCUT2D eigenvalue weighted by molar-refractivity contribution is 0.554. The first-order valence-corrected chi connectivity index (χ1v) is 9.44. The van der Waals surface area contributed by atoms with Crippen LogP contribution in [0.3, 0.4) is 0 Å². The molecule has 0 bridgehead atoms. The van der Waals surface area contributed by atoms with Crippen LogP contribution in [0.5, 0.6) is 0 Å². The second-order valence-electron chi connectivity index (χ2n) is 6.18. The molecule has 0 heterocycles. The standard InChI is InChI=1S/C20H33Cl/c1-3-5-6-7-8-9-10-11-12-13-20(21)19-16-14-18(4-2)15-17-19/h14-17,20H,3-13H2,1-2H3. The summed E-state index contributed by atoms with van der Waals surface area (Å²) in [5.74, 6) is 0. The van der Waals surface area contributed by atoms with Gasteiger partial charge in [-0.1, -0.05) is 95.9 Å². The van der Waals surface area contributed by atoms with Crippen LogP contribution in [0.2, 0.25) is 0 Å². The number of hydrogen-bond donors (Lipinski definition) is 0. The van der Waals surface area contributed by atoms with Crippen LogP contribution in [-0.4, -0.2) is 0 Å². The monoisotopic (exact) mass is 308 g/mol. The molecule has 1 aromatic rings. The van der Waals surface area contributed by atoms with Crippen LogP contribution in [0.15, 0.2) is 24.3 Å². The zero-order chi connectivity index (χ0) is 15.3. The van der Waals surface area contributed by atoms with E-state index in [0.717, 1.165) is 12.8 Å². The Morgan fingerprint density at radius 1 is 0.762 bits per heavy atom. The smallest absolute Gasteiger partial charge is 0.0585 e. The van der Waals surface area contributed by atoms with Gasteiger partial charge in [-0.15, -0.1) is 11.6 Å². The highest BCUT2D eigenvalue weighted by Gasteiger charge is 2.07. The third-order valence-electron chi connectivity index (χ3n) is 4.31. The van der Waals surface area contributed by atoms with Gasteiger partial charge in [-0.05, 0) is 24.0 Å². The molecule has 1 atom stereocenters. The largest absolute Gasteiger partial charge is 0.118 e. The van der Waals surface area contributed by atoms with Crippen molar-refractivity contribution in [3.05, 3.63) is 35.4 Å². The topological polar surface area (TPSA) is 0 Å². The average Bonchev–Trinajstić information content (AvgIpc) is 2.53. The normalized spacial score (nSPS) is 12.5. The van der Waals surface area contributed by atoms with Crippen molar-refractivity contribution in [1.29, 1.82) is 0 Å². The van der Waals surface area contributed by atoms with E-state index in [2.05, 4.69) is 38.1 Å². The number of halogens is 1. The summed E-state index contributed by atoms with van der Waals surface area (Å²) in [6.45, 7) is 4.47. The molecular weight excluding hydrogens is 276 g/mol. The number of rotatable bonds is 12. The molecule has 0 fully saturated rings. The van der Waals surface area contributed by atoms with Gasteiger partial charge in [0.25, 0.3) is 0 Å². The first-order valence-electron chi connectivity index (χ1n) is 9.00. The molecule has 0 aliphatic rings. The Morgan fingerprint density at radius 2 is 1.29 bits per heavy atom. The second-order valence-corrected chi connectivity index (χ2v) is 6.71. The van der Waals surface area contributed by atoms with Gasteiger partial charge >= 0.3 is 0 Å². The van der Waals surface area contributed by atoms with E-state index in [1.165, 1.54) is 68.9 Å². The minimum absolute atomic E-state index is 0.195. The van der Waals surface area contributed by atoms with Crippen LogP contribution in [0.4, 0.5) is 0 Å². The van der Waals surface area contributed by atoms with Crippen LogP contribution in [0.1, 0.15) is 94.6 Å². The van der Waals surface area contributed by atoms with Crippen LogP contribution in [0, 0.1) is 0 Å². The van der Waals surface area contributed by atoms with Crippen LogP contribution < -0.4 is 0 Å². The highest BCUT2D eigenvalue weighted by molar-refractivity contribution is 6.20. The maximum absolute atomic E-state index is 6.50.